The molecule has 1 aliphatic rings. The molecule has 114 valence electrons. The molecule has 0 N–H and O–H groups in total. The summed E-state index contributed by atoms with van der Waals surface area (Å²) >= 11 is 0. The van der Waals surface area contributed by atoms with Gasteiger partial charge in [-0.1, -0.05) is 30.3 Å². The van der Waals surface area contributed by atoms with Gasteiger partial charge in [-0.2, -0.15) is 0 Å². The minimum absolute atomic E-state index is 0.158. The summed E-state index contributed by atoms with van der Waals surface area (Å²) in [4.78, 5) is 13.9. The van der Waals surface area contributed by atoms with Gasteiger partial charge in [-0.3, -0.25) is 4.79 Å². The lowest BCUT2D eigenvalue weighted by Crippen LogP contribution is -2.36. The van der Waals surface area contributed by atoms with Crippen LogP contribution >= 0.6 is 0 Å². The van der Waals surface area contributed by atoms with Crippen molar-refractivity contribution >= 4 is 11.6 Å². The Hall–Kier alpha value is -2.23. The zero-order valence-electron chi connectivity index (χ0n) is 12.2. The summed E-state index contributed by atoms with van der Waals surface area (Å²) in [5.74, 6) is -0.828. The molecule has 4 heteroatoms. The van der Waals surface area contributed by atoms with Crippen LogP contribution in [0.15, 0.2) is 42.5 Å². The van der Waals surface area contributed by atoms with Crippen molar-refractivity contribution in [3.8, 4) is 0 Å². The second-order valence-corrected chi connectivity index (χ2v) is 5.49. The molecule has 0 saturated heterocycles. The Bertz CT molecular complexity index is 699. The quantitative estimate of drug-likeness (QED) is 0.842. The number of benzene rings is 2. The number of amides is 1. The van der Waals surface area contributed by atoms with Crippen molar-refractivity contribution in [1.82, 2.24) is 0 Å². The smallest absolute Gasteiger partial charge is 0.227 e. The number of rotatable bonds is 3. The van der Waals surface area contributed by atoms with Crippen LogP contribution in [-0.4, -0.2) is 12.5 Å². The number of halogens is 2. The topological polar surface area (TPSA) is 20.3 Å². The minimum Gasteiger partial charge on any atom is -0.309 e. The molecule has 0 saturated carbocycles. The molecule has 0 spiro atoms. The Balaban J connectivity index is 1.76. The fourth-order valence-corrected chi connectivity index (χ4v) is 2.93. The summed E-state index contributed by atoms with van der Waals surface area (Å²) in [7, 11) is 0. The molecule has 0 aliphatic carbocycles. The van der Waals surface area contributed by atoms with E-state index in [1.165, 1.54) is 17.0 Å². The molecule has 0 atom stereocenters. The number of para-hydroxylation sites is 1. The third kappa shape index (κ3) is 2.86. The maximum atomic E-state index is 14.1. The van der Waals surface area contributed by atoms with Gasteiger partial charge in [-0.25, -0.2) is 8.78 Å². The van der Waals surface area contributed by atoms with E-state index in [1.54, 1.807) is 24.3 Å². The fourth-order valence-electron chi connectivity index (χ4n) is 2.93. The molecule has 0 bridgehead atoms. The molecule has 1 heterocycles. The van der Waals surface area contributed by atoms with Crippen molar-refractivity contribution in [1.29, 1.82) is 0 Å². The minimum atomic E-state index is -0.364. The molecule has 0 unspecified atom stereocenters. The van der Waals surface area contributed by atoms with Crippen molar-refractivity contribution in [3.63, 3.8) is 0 Å². The lowest BCUT2D eigenvalue weighted by Gasteiger charge is -2.30. The molecule has 1 amide bonds. The summed E-state index contributed by atoms with van der Waals surface area (Å²) in [5.41, 5.74) is 1.78. The van der Waals surface area contributed by atoms with Gasteiger partial charge in [0.1, 0.15) is 11.6 Å². The SMILES string of the molecule is O=C(CCc1ccccc1F)N1CCCc2cccc(F)c21. The van der Waals surface area contributed by atoms with Crippen LogP contribution in [0.1, 0.15) is 24.0 Å². The number of aryl methyl sites for hydroxylation is 2. The van der Waals surface area contributed by atoms with Crippen LogP contribution in [-0.2, 0) is 17.6 Å². The molecule has 0 aromatic heterocycles. The first-order valence-electron chi connectivity index (χ1n) is 7.48. The van der Waals surface area contributed by atoms with Crippen molar-refractivity contribution in [2.24, 2.45) is 0 Å². The number of nitrogens with zero attached hydrogens (tertiary/aromatic N) is 1. The van der Waals surface area contributed by atoms with Gasteiger partial charge in [-0.05, 0) is 42.5 Å². The molecule has 2 aromatic rings. The number of fused-ring (bicyclic) bond motifs is 1. The van der Waals surface area contributed by atoms with Crippen molar-refractivity contribution in [2.75, 3.05) is 11.4 Å². The Labute approximate surface area is 128 Å². The molecule has 22 heavy (non-hydrogen) atoms. The van der Waals surface area contributed by atoms with Crippen LogP contribution in [0.3, 0.4) is 0 Å². The molecule has 2 nitrogen and oxygen atoms in total. The third-order valence-electron chi connectivity index (χ3n) is 4.04. The monoisotopic (exact) mass is 301 g/mol. The summed E-state index contributed by atoms with van der Waals surface area (Å²) in [6.07, 6.45) is 2.10. The average Bonchev–Trinajstić information content (AvgIpc) is 2.53. The van der Waals surface area contributed by atoms with Gasteiger partial charge in [0.05, 0.1) is 5.69 Å². The van der Waals surface area contributed by atoms with Gasteiger partial charge in [0.2, 0.25) is 5.91 Å². The Morgan fingerprint density at radius 1 is 1.05 bits per heavy atom. The highest BCUT2D eigenvalue weighted by molar-refractivity contribution is 5.94. The van der Waals surface area contributed by atoms with Gasteiger partial charge in [0, 0.05) is 13.0 Å². The molecular weight excluding hydrogens is 284 g/mol. The van der Waals surface area contributed by atoms with E-state index >= 15 is 0 Å². The van der Waals surface area contributed by atoms with Gasteiger partial charge in [0.15, 0.2) is 0 Å². The molecule has 0 fully saturated rings. The zero-order valence-corrected chi connectivity index (χ0v) is 12.2. The van der Waals surface area contributed by atoms with Crippen LogP contribution in [0.2, 0.25) is 0 Å². The lowest BCUT2D eigenvalue weighted by molar-refractivity contribution is -0.118. The Morgan fingerprint density at radius 3 is 2.64 bits per heavy atom. The summed E-state index contributed by atoms with van der Waals surface area (Å²) in [6.45, 7) is 0.518. The summed E-state index contributed by atoms with van der Waals surface area (Å²) in [5, 5.41) is 0. The van der Waals surface area contributed by atoms with E-state index in [0.717, 1.165) is 18.4 Å². The molecule has 1 aliphatic heterocycles. The first-order chi connectivity index (χ1) is 10.7. The van der Waals surface area contributed by atoms with Gasteiger partial charge in [-0.15, -0.1) is 0 Å². The highest BCUT2D eigenvalue weighted by atomic mass is 19.1. The van der Waals surface area contributed by atoms with E-state index in [0.29, 0.717) is 24.2 Å². The van der Waals surface area contributed by atoms with E-state index in [1.807, 2.05) is 6.07 Å². The van der Waals surface area contributed by atoms with Crippen molar-refractivity contribution in [2.45, 2.75) is 25.7 Å². The standard InChI is InChI=1S/C18H17F2NO/c19-15-8-2-1-5-13(15)10-11-17(22)21-12-4-7-14-6-3-9-16(20)18(14)21/h1-3,5-6,8-9H,4,7,10-12H2. The predicted octanol–water partition coefficient (Wildman–Crippen LogP) is 3.88. The number of anilines is 1. The Morgan fingerprint density at radius 2 is 1.82 bits per heavy atom. The fraction of sp³-hybridized carbons (Fsp3) is 0.278. The first kappa shape index (κ1) is 14.7. The number of hydrogen-bond donors (Lipinski definition) is 0. The zero-order chi connectivity index (χ0) is 15.5. The molecular formula is C18H17F2NO. The number of carbonyl (C=O) groups is 1. The van der Waals surface area contributed by atoms with Gasteiger partial charge in [0.25, 0.3) is 0 Å². The van der Waals surface area contributed by atoms with Crippen LogP contribution in [0, 0.1) is 11.6 Å². The molecule has 2 aromatic carbocycles. The summed E-state index contributed by atoms with van der Waals surface area (Å²) < 4.78 is 27.7. The largest absolute Gasteiger partial charge is 0.309 e. The highest BCUT2D eigenvalue weighted by Gasteiger charge is 2.25. The Kier molecular flexibility index (Phi) is 4.18. The maximum Gasteiger partial charge on any atom is 0.227 e. The molecule has 0 radical (unpaired) electrons. The van der Waals surface area contributed by atoms with Crippen LogP contribution in [0.25, 0.3) is 0 Å². The van der Waals surface area contributed by atoms with E-state index < -0.39 is 0 Å². The van der Waals surface area contributed by atoms with Crippen molar-refractivity contribution < 1.29 is 13.6 Å². The van der Waals surface area contributed by atoms with E-state index in [2.05, 4.69) is 0 Å². The summed E-state index contributed by atoms with van der Waals surface area (Å²) in [6, 6.07) is 11.3. The number of carbonyl (C=O) groups excluding carboxylic acids is 1. The third-order valence-corrected chi connectivity index (χ3v) is 4.04. The molecule has 3 rings (SSSR count). The predicted molar refractivity (Wildman–Crippen MR) is 81.8 cm³/mol. The van der Waals surface area contributed by atoms with Crippen LogP contribution in [0.5, 0.6) is 0 Å². The maximum absolute atomic E-state index is 14.1. The number of hydrogen-bond acceptors (Lipinski definition) is 1. The van der Waals surface area contributed by atoms with Gasteiger partial charge < -0.3 is 4.90 Å². The average molecular weight is 301 g/mol. The first-order valence-corrected chi connectivity index (χ1v) is 7.48. The van der Waals surface area contributed by atoms with E-state index in [-0.39, 0.29) is 24.0 Å². The highest BCUT2D eigenvalue weighted by Crippen LogP contribution is 2.30. The van der Waals surface area contributed by atoms with E-state index in [4.69, 9.17) is 0 Å². The lowest BCUT2D eigenvalue weighted by atomic mass is 10.0. The normalized spacial score (nSPS) is 13.8. The van der Waals surface area contributed by atoms with Crippen molar-refractivity contribution in [3.05, 3.63) is 65.2 Å². The van der Waals surface area contributed by atoms with Gasteiger partial charge >= 0.3 is 0 Å². The van der Waals surface area contributed by atoms with E-state index in [9.17, 15) is 13.6 Å². The second kappa shape index (κ2) is 6.26. The van der Waals surface area contributed by atoms with Crippen LogP contribution in [0.4, 0.5) is 14.5 Å². The second-order valence-electron chi connectivity index (χ2n) is 5.49. The van der Waals surface area contributed by atoms with Crippen LogP contribution < -0.4 is 4.90 Å².